The van der Waals surface area contributed by atoms with Gasteiger partial charge in [0.2, 0.25) is 0 Å². The second kappa shape index (κ2) is 9.98. The van der Waals surface area contributed by atoms with Gasteiger partial charge in [-0.1, -0.05) is 40.9 Å². The van der Waals surface area contributed by atoms with Gasteiger partial charge in [0.25, 0.3) is 0 Å². The van der Waals surface area contributed by atoms with Gasteiger partial charge in [-0.3, -0.25) is 10.1 Å². The Kier molecular flexibility index (Phi) is 7.97. The molecule has 8 nitrogen and oxygen atoms in total. The van der Waals surface area contributed by atoms with Gasteiger partial charge < -0.3 is 19.9 Å². The molecule has 0 bridgehead atoms. The molecule has 148 valence electrons. The van der Waals surface area contributed by atoms with Crippen LogP contribution in [0.2, 0.25) is 5.15 Å². The maximum atomic E-state index is 11.9. The van der Waals surface area contributed by atoms with Crippen molar-refractivity contribution in [2.24, 2.45) is 0 Å². The second-order valence-corrected chi connectivity index (χ2v) is 7.15. The van der Waals surface area contributed by atoms with E-state index in [-0.39, 0.29) is 15.9 Å². The summed E-state index contributed by atoms with van der Waals surface area (Å²) in [6, 6.07) is 3.50. The number of halogens is 3. The fraction of sp³-hybridized carbons (Fsp3) is 0.438. The van der Waals surface area contributed by atoms with E-state index in [1.165, 1.54) is 0 Å². The van der Waals surface area contributed by atoms with Crippen LogP contribution in [0.1, 0.15) is 5.56 Å². The topological polar surface area (TPSA) is 83.8 Å². The summed E-state index contributed by atoms with van der Waals surface area (Å²) >= 11 is 17.8. The molecule has 1 aromatic rings. The molecule has 1 saturated heterocycles. The maximum Gasteiger partial charge on any atom is 0.334 e. The van der Waals surface area contributed by atoms with Gasteiger partial charge in [-0.2, -0.15) is 0 Å². The van der Waals surface area contributed by atoms with Crippen LogP contribution in [-0.2, 0) is 11.3 Å². The van der Waals surface area contributed by atoms with Gasteiger partial charge in [-0.05, 0) is 11.6 Å². The van der Waals surface area contributed by atoms with Gasteiger partial charge in [0, 0.05) is 46.5 Å². The summed E-state index contributed by atoms with van der Waals surface area (Å²) in [5.74, 6) is 0.355. The van der Waals surface area contributed by atoms with Crippen LogP contribution in [0.3, 0.4) is 0 Å². The summed E-state index contributed by atoms with van der Waals surface area (Å²) in [5.41, 5.74) is 0.815. The van der Waals surface area contributed by atoms with E-state index in [9.17, 15) is 10.1 Å². The average molecular weight is 437 g/mol. The van der Waals surface area contributed by atoms with Gasteiger partial charge in [0.05, 0.1) is 11.5 Å². The summed E-state index contributed by atoms with van der Waals surface area (Å²) in [5, 5.41) is 15.4. The molecule has 27 heavy (non-hydrogen) atoms. The molecule has 2 heterocycles. The molecule has 0 amide bonds. The minimum Gasteiger partial charge on any atom is -0.383 e. The maximum absolute atomic E-state index is 11.9. The highest BCUT2D eigenvalue weighted by Gasteiger charge is 2.34. The van der Waals surface area contributed by atoms with Crippen molar-refractivity contribution in [3.05, 3.63) is 60.9 Å². The molecule has 11 heteroatoms. The highest BCUT2D eigenvalue weighted by Crippen LogP contribution is 2.29. The quantitative estimate of drug-likeness (QED) is 0.381. The van der Waals surface area contributed by atoms with E-state index in [2.05, 4.69) is 10.3 Å². The summed E-state index contributed by atoms with van der Waals surface area (Å²) in [4.78, 5) is 18.9. The molecule has 0 atom stereocenters. The Morgan fingerprint density at radius 2 is 2.22 bits per heavy atom. The number of likely N-dealkylation sites (N-methyl/N-ethyl adjacent to an activating group) is 1. The van der Waals surface area contributed by atoms with Crippen molar-refractivity contribution < 1.29 is 9.66 Å². The number of nitrogens with one attached hydrogen (secondary N) is 1. The van der Waals surface area contributed by atoms with Crippen LogP contribution < -0.4 is 5.32 Å². The Bertz CT molecular complexity index is 735. The first-order valence-corrected chi connectivity index (χ1v) is 9.22. The van der Waals surface area contributed by atoms with Crippen LogP contribution in [-0.4, -0.2) is 60.1 Å². The lowest BCUT2D eigenvalue weighted by Gasteiger charge is -2.24. The zero-order chi connectivity index (χ0) is 20.0. The number of nitro groups is 1. The van der Waals surface area contributed by atoms with Gasteiger partial charge in [-0.15, -0.1) is 0 Å². The average Bonchev–Trinajstić information content (AvgIpc) is 3.06. The SMILES string of the molecule is COCCN(C)C(=C(Cl)Cl)/C(=C1/NCCN1Cc1ccc(Cl)nc1)[N+](=O)[O-]. The Balaban J connectivity index is 2.40. The number of rotatable bonds is 8. The third-order valence-corrected chi connectivity index (χ3v) is 4.56. The normalized spacial score (nSPS) is 15.4. The minimum absolute atomic E-state index is 0.129. The summed E-state index contributed by atoms with van der Waals surface area (Å²) in [6.45, 7) is 2.33. The van der Waals surface area contributed by atoms with Gasteiger partial charge in [-0.25, -0.2) is 4.98 Å². The van der Waals surface area contributed by atoms with E-state index in [0.717, 1.165) is 5.56 Å². The first-order valence-electron chi connectivity index (χ1n) is 8.08. The van der Waals surface area contributed by atoms with E-state index in [4.69, 9.17) is 39.5 Å². The number of aromatic nitrogens is 1. The van der Waals surface area contributed by atoms with Crippen molar-refractivity contribution in [2.75, 3.05) is 40.4 Å². The molecule has 2 rings (SSSR count). The predicted molar refractivity (Wildman–Crippen MR) is 105 cm³/mol. The van der Waals surface area contributed by atoms with Gasteiger partial charge in [0.1, 0.15) is 15.3 Å². The second-order valence-electron chi connectivity index (χ2n) is 5.82. The molecular formula is C16H20Cl3N5O3. The van der Waals surface area contributed by atoms with Crippen LogP contribution in [0.15, 0.2) is 40.0 Å². The summed E-state index contributed by atoms with van der Waals surface area (Å²) < 4.78 is 4.85. The van der Waals surface area contributed by atoms with E-state index in [1.807, 2.05) is 11.0 Å². The highest BCUT2D eigenvalue weighted by molar-refractivity contribution is 6.56. The Morgan fingerprint density at radius 1 is 1.48 bits per heavy atom. The lowest BCUT2D eigenvalue weighted by Crippen LogP contribution is -2.31. The Hall–Kier alpha value is -1.74. The van der Waals surface area contributed by atoms with Gasteiger partial charge >= 0.3 is 5.70 Å². The third kappa shape index (κ3) is 5.62. The van der Waals surface area contributed by atoms with Crippen molar-refractivity contribution >= 4 is 34.8 Å². The fourth-order valence-corrected chi connectivity index (χ4v) is 3.26. The van der Waals surface area contributed by atoms with Crippen LogP contribution >= 0.6 is 34.8 Å². The van der Waals surface area contributed by atoms with Gasteiger partial charge in [0.15, 0.2) is 5.82 Å². The molecule has 1 aliphatic heterocycles. The summed E-state index contributed by atoms with van der Waals surface area (Å²) in [6.07, 6.45) is 1.64. The Morgan fingerprint density at radius 3 is 2.78 bits per heavy atom. The molecule has 1 N–H and O–H groups in total. The molecule has 1 aliphatic rings. The molecule has 1 fully saturated rings. The molecule has 0 spiro atoms. The van der Waals surface area contributed by atoms with Crippen LogP contribution in [0.5, 0.6) is 0 Å². The molecular weight excluding hydrogens is 417 g/mol. The lowest BCUT2D eigenvalue weighted by molar-refractivity contribution is -0.425. The number of ether oxygens (including phenoxy) is 1. The highest BCUT2D eigenvalue weighted by atomic mass is 35.5. The van der Waals surface area contributed by atoms with E-state index < -0.39 is 4.92 Å². The van der Waals surface area contributed by atoms with E-state index in [0.29, 0.717) is 43.8 Å². The molecule has 0 saturated carbocycles. The summed E-state index contributed by atoms with van der Waals surface area (Å²) in [7, 11) is 3.22. The zero-order valence-electron chi connectivity index (χ0n) is 14.9. The first kappa shape index (κ1) is 21.6. The van der Waals surface area contributed by atoms with Crippen molar-refractivity contribution in [3.63, 3.8) is 0 Å². The molecule has 0 aromatic carbocycles. The smallest absolute Gasteiger partial charge is 0.334 e. The third-order valence-electron chi connectivity index (χ3n) is 3.98. The zero-order valence-corrected chi connectivity index (χ0v) is 17.2. The number of nitrogens with zero attached hydrogens (tertiary/aromatic N) is 4. The molecule has 0 unspecified atom stereocenters. The monoisotopic (exact) mass is 435 g/mol. The van der Waals surface area contributed by atoms with Crippen molar-refractivity contribution in [3.8, 4) is 0 Å². The molecule has 1 aromatic heterocycles. The number of hydrogen-bond donors (Lipinski definition) is 1. The van der Waals surface area contributed by atoms with Crippen LogP contribution in [0, 0.1) is 10.1 Å². The Labute approximate surface area is 172 Å². The largest absolute Gasteiger partial charge is 0.383 e. The lowest BCUT2D eigenvalue weighted by atomic mass is 10.2. The van der Waals surface area contributed by atoms with Crippen LogP contribution in [0.4, 0.5) is 0 Å². The molecule has 0 radical (unpaired) electrons. The van der Waals surface area contributed by atoms with E-state index >= 15 is 0 Å². The van der Waals surface area contributed by atoms with Crippen LogP contribution in [0.25, 0.3) is 0 Å². The first-order chi connectivity index (χ1) is 12.8. The number of methoxy groups -OCH3 is 1. The van der Waals surface area contributed by atoms with E-state index in [1.54, 1.807) is 31.3 Å². The fourth-order valence-electron chi connectivity index (χ4n) is 2.68. The predicted octanol–water partition coefficient (Wildman–Crippen LogP) is 2.81. The molecule has 0 aliphatic carbocycles. The number of pyridine rings is 1. The standard InChI is InChI=1S/C16H20Cl3N5O3/c1-22(7-8-27-2)13(15(18)19)14(24(25)26)16-20-5-6-23(16)10-11-3-4-12(17)21-9-11/h3-4,9,20H,5-8,10H2,1-2H3/b16-14+. The van der Waals surface area contributed by atoms with Crippen molar-refractivity contribution in [2.45, 2.75) is 6.54 Å². The van der Waals surface area contributed by atoms with Crippen molar-refractivity contribution in [1.29, 1.82) is 0 Å². The number of hydrogen-bond acceptors (Lipinski definition) is 7. The van der Waals surface area contributed by atoms with Crippen molar-refractivity contribution in [1.82, 2.24) is 20.1 Å². The minimum atomic E-state index is -0.482.